The topological polar surface area (TPSA) is 76.5 Å². The lowest BCUT2D eigenvalue weighted by Crippen LogP contribution is -2.46. The van der Waals surface area contributed by atoms with Crippen LogP contribution in [0.5, 0.6) is 0 Å². The monoisotopic (exact) mass is 306 g/mol. The van der Waals surface area contributed by atoms with Gasteiger partial charge >= 0.3 is 0 Å². The number of ether oxygens (including phenoxy) is 1. The van der Waals surface area contributed by atoms with Crippen LogP contribution in [0, 0.1) is 11.8 Å². The number of hydrogen-bond donors (Lipinski definition) is 1. The van der Waals surface area contributed by atoms with Crippen LogP contribution in [-0.4, -0.2) is 53.3 Å². The highest BCUT2D eigenvalue weighted by Gasteiger charge is 2.43. The summed E-state index contributed by atoms with van der Waals surface area (Å²) < 4.78 is 6.72. The molecule has 2 heterocycles. The summed E-state index contributed by atoms with van der Waals surface area (Å²) >= 11 is 0. The molecule has 1 aliphatic carbocycles. The Bertz CT molecular complexity index is 571. The van der Waals surface area contributed by atoms with Crippen molar-refractivity contribution in [2.24, 2.45) is 11.8 Å². The van der Waals surface area contributed by atoms with Crippen LogP contribution in [0.3, 0.4) is 0 Å². The van der Waals surface area contributed by atoms with E-state index in [1.165, 1.54) is 7.11 Å². The minimum Gasteiger partial charge on any atom is -0.375 e. The van der Waals surface area contributed by atoms with Crippen molar-refractivity contribution >= 4 is 11.8 Å². The van der Waals surface area contributed by atoms with Gasteiger partial charge in [0.05, 0.1) is 18.3 Å². The summed E-state index contributed by atoms with van der Waals surface area (Å²) in [6, 6.07) is 1.90. The van der Waals surface area contributed by atoms with Crippen LogP contribution in [0.1, 0.15) is 25.1 Å². The largest absolute Gasteiger partial charge is 0.375 e. The van der Waals surface area contributed by atoms with Gasteiger partial charge in [-0.1, -0.05) is 6.92 Å². The van der Waals surface area contributed by atoms with E-state index in [0.717, 1.165) is 12.1 Å². The van der Waals surface area contributed by atoms with Crippen LogP contribution >= 0.6 is 0 Å². The number of nitrogens with zero attached hydrogens (tertiary/aromatic N) is 3. The van der Waals surface area contributed by atoms with E-state index in [0.29, 0.717) is 25.6 Å². The zero-order valence-electron chi connectivity index (χ0n) is 13.0. The van der Waals surface area contributed by atoms with Crippen molar-refractivity contribution in [2.45, 2.75) is 25.9 Å². The molecule has 120 valence electrons. The van der Waals surface area contributed by atoms with Crippen LogP contribution in [-0.2, 0) is 20.9 Å². The maximum Gasteiger partial charge on any atom is 0.246 e. The van der Waals surface area contributed by atoms with Crippen molar-refractivity contribution in [1.82, 2.24) is 20.0 Å². The molecule has 1 fully saturated rings. The SMILES string of the molecule is COCC(=O)NC[C@@H]1CN(C(=O)[C@H]2C[C@H]2C)Cc2ccnn21. The molecule has 1 aromatic heterocycles. The van der Waals surface area contributed by atoms with Crippen molar-refractivity contribution in [3.8, 4) is 0 Å². The number of nitrogens with one attached hydrogen (secondary N) is 1. The number of methoxy groups -OCH3 is 1. The van der Waals surface area contributed by atoms with Crippen LogP contribution in [0.2, 0.25) is 0 Å². The van der Waals surface area contributed by atoms with Crippen LogP contribution in [0.15, 0.2) is 12.3 Å². The van der Waals surface area contributed by atoms with Gasteiger partial charge in [0.1, 0.15) is 6.61 Å². The van der Waals surface area contributed by atoms with E-state index in [-0.39, 0.29) is 30.4 Å². The second-order valence-electron chi connectivity index (χ2n) is 6.20. The highest BCUT2D eigenvalue weighted by Crippen LogP contribution is 2.40. The van der Waals surface area contributed by atoms with Gasteiger partial charge in [-0.25, -0.2) is 0 Å². The Balaban J connectivity index is 1.67. The summed E-state index contributed by atoms with van der Waals surface area (Å²) in [5.41, 5.74) is 1.01. The molecule has 1 N–H and O–H groups in total. The lowest BCUT2D eigenvalue weighted by Gasteiger charge is -2.34. The Morgan fingerprint density at radius 3 is 2.95 bits per heavy atom. The van der Waals surface area contributed by atoms with E-state index in [2.05, 4.69) is 17.3 Å². The highest BCUT2D eigenvalue weighted by molar-refractivity contribution is 5.81. The van der Waals surface area contributed by atoms with Crippen molar-refractivity contribution in [2.75, 3.05) is 26.8 Å². The fourth-order valence-corrected chi connectivity index (χ4v) is 3.02. The number of fused-ring (bicyclic) bond motifs is 1. The maximum absolute atomic E-state index is 12.5. The van der Waals surface area contributed by atoms with E-state index >= 15 is 0 Å². The quantitative estimate of drug-likeness (QED) is 0.842. The van der Waals surface area contributed by atoms with Gasteiger partial charge in [-0.3, -0.25) is 14.3 Å². The molecule has 2 amide bonds. The summed E-state index contributed by atoms with van der Waals surface area (Å²) in [6.45, 7) is 3.79. The average Bonchev–Trinajstić information content (AvgIpc) is 3.04. The molecule has 0 bridgehead atoms. The molecule has 0 saturated heterocycles. The molecule has 7 nitrogen and oxygen atoms in total. The first-order chi connectivity index (χ1) is 10.6. The van der Waals surface area contributed by atoms with Crippen molar-refractivity contribution in [1.29, 1.82) is 0 Å². The van der Waals surface area contributed by atoms with Crippen molar-refractivity contribution in [3.05, 3.63) is 18.0 Å². The maximum atomic E-state index is 12.5. The Labute approximate surface area is 129 Å². The fraction of sp³-hybridized carbons (Fsp3) is 0.667. The summed E-state index contributed by atoms with van der Waals surface area (Å²) in [4.78, 5) is 25.9. The number of carbonyl (C=O) groups is 2. The molecule has 2 aliphatic rings. The minimum atomic E-state index is -0.157. The molecular weight excluding hydrogens is 284 g/mol. The first kappa shape index (κ1) is 15.0. The molecule has 0 aromatic carbocycles. The minimum absolute atomic E-state index is 0.0300. The molecule has 22 heavy (non-hydrogen) atoms. The first-order valence-electron chi connectivity index (χ1n) is 7.67. The normalized spacial score (nSPS) is 26.5. The highest BCUT2D eigenvalue weighted by atomic mass is 16.5. The van der Waals surface area contributed by atoms with E-state index < -0.39 is 0 Å². The van der Waals surface area contributed by atoms with Gasteiger partial charge in [-0.05, 0) is 18.4 Å². The van der Waals surface area contributed by atoms with E-state index in [4.69, 9.17) is 4.74 Å². The van der Waals surface area contributed by atoms with Crippen LogP contribution in [0.25, 0.3) is 0 Å². The predicted molar refractivity (Wildman–Crippen MR) is 78.8 cm³/mol. The third-order valence-corrected chi connectivity index (χ3v) is 4.43. The van der Waals surface area contributed by atoms with Crippen LogP contribution < -0.4 is 5.32 Å². The molecule has 1 saturated carbocycles. The molecule has 7 heteroatoms. The Hall–Kier alpha value is -1.89. The number of rotatable bonds is 5. The first-order valence-corrected chi connectivity index (χ1v) is 7.67. The van der Waals surface area contributed by atoms with Gasteiger partial charge in [0.15, 0.2) is 0 Å². The van der Waals surface area contributed by atoms with Crippen molar-refractivity contribution in [3.63, 3.8) is 0 Å². The Morgan fingerprint density at radius 1 is 1.50 bits per heavy atom. The summed E-state index contributed by atoms with van der Waals surface area (Å²) in [6.07, 6.45) is 2.73. The van der Waals surface area contributed by atoms with Gasteiger partial charge in [-0.2, -0.15) is 5.10 Å². The lowest BCUT2D eigenvalue weighted by molar-refractivity contribution is -0.135. The number of amides is 2. The molecule has 3 atom stereocenters. The van der Waals surface area contributed by atoms with Gasteiger partial charge in [0.2, 0.25) is 11.8 Å². The second kappa shape index (κ2) is 6.08. The standard InChI is InChI=1S/C15H22N4O3/c1-10-5-13(10)15(21)18-7-11-3-4-17-19(11)12(8-18)6-16-14(20)9-22-2/h3-4,10,12-13H,5-9H2,1-2H3,(H,16,20)/t10-,12-,13+/m1/s1. The third-order valence-electron chi connectivity index (χ3n) is 4.43. The number of carbonyl (C=O) groups excluding carboxylic acids is 2. The van der Waals surface area contributed by atoms with E-state index in [1.54, 1.807) is 6.20 Å². The van der Waals surface area contributed by atoms with Gasteiger partial charge in [0, 0.05) is 32.3 Å². The predicted octanol–water partition coefficient (Wildman–Crippen LogP) is 0.185. The molecule has 1 aromatic rings. The smallest absolute Gasteiger partial charge is 0.246 e. The average molecular weight is 306 g/mol. The number of aromatic nitrogens is 2. The third kappa shape index (κ3) is 2.99. The van der Waals surface area contributed by atoms with Gasteiger partial charge in [0.25, 0.3) is 0 Å². The number of hydrogen-bond acceptors (Lipinski definition) is 4. The summed E-state index contributed by atoms with van der Waals surface area (Å²) in [7, 11) is 1.49. The second-order valence-corrected chi connectivity index (χ2v) is 6.20. The molecule has 0 unspecified atom stereocenters. The Morgan fingerprint density at radius 2 is 2.27 bits per heavy atom. The summed E-state index contributed by atoms with van der Waals surface area (Å²) in [5, 5.41) is 7.16. The molecule has 0 spiro atoms. The van der Waals surface area contributed by atoms with Gasteiger partial charge < -0.3 is 15.0 Å². The molecule has 1 aliphatic heterocycles. The van der Waals surface area contributed by atoms with E-state index in [9.17, 15) is 9.59 Å². The van der Waals surface area contributed by atoms with Crippen molar-refractivity contribution < 1.29 is 14.3 Å². The molecular formula is C15H22N4O3. The van der Waals surface area contributed by atoms with Crippen LogP contribution in [0.4, 0.5) is 0 Å². The van der Waals surface area contributed by atoms with E-state index in [1.807, 2.05) is 15.6 Å². The lowest BCUT2D eigenvalue weighted by atomic mass is 10.1. The molecule has 3 rings (SSSR count). The summed E-state index contributed by atoms with van der Waals surface area (Å²) in [5.74, 6) is 0.751. The zero-order chi connectivity index (χ0) is 15.7. The van der Waals surface area contributed by atoms with Gasteiger partial charge in [-0.15, -0.1) is 0 Å². The Kier molecular flexibility index (Phi) is 4.15. The fourth-order valence-electron chi connectivity index (χ4n) is 3.02. The zero-order valence-corrected chi connectivity index (χ0v) is 13.0. The molecule has 0 radical (unpaired) electrons.